The van der Waals surface area contributed by atoms with Crippen LogP contribution >= 0.6 is 0 Å². The number of imidazole rings is 1. The SMILES string of the molecule is [2H]c1c([2H])c([2H])c(-[n+]2[c-]n(-c3[c-]c(Oc4[c-]c5c(cc4)c4ccc(-n6c7ccccc7c7ccccc76)cc4n5-c4cc(C(C)(C)C)ccn4)ccc3)c(C([2H])([2H])[2H])c2C([2H])([2H])[2H])c([2H])c1[2H].[Pt]. The van der Waals surface area contributed by atoms with Crippen LogP contribution in [0.4, 0.5) is 0 Å². The van der Waals surface area contributed by atoms with Gasteiger partial charge in [-0.25, -0.2) is 4.98 Å². The summed E-state index contributed by atoms with van der Waals surface area (Å²) in [6.45, 7) is 0.207. The van der Waals surface area contributed by atoms with Crippen LogP contribution < -0.4 is 9.30 Å². The van der Waals surface area contributed by atoms with Gasteiger partial charge in [-0.15, -0.1) is 29.7 Å². The summed E-state index contributed by atoms with van der Waals surface area (Å²) in [7, 11) is 0. The quantitative estimate of drug-likeness (QED) is 0.123. The van der Waals surface area contributed by atoms with Crippen molar-refractivity contribution >= 4 is 43.6 Å². The maximum absolute atomic E-state index is 8.59. The van der Waals surface area contributed by atoms with Crippen molar-refractivity contribution in [3.63, 3.8) is 0 Å². The van der Waals surface area contributed by atoms with Crippen molar-refractivity contribution in [1.29, 1.82) is 0 Å². The van der Waals surface area contributed by atoms with Gasteiger partial charge in [0.25, 0.3) is 6.33 Å². The van der Waals surface area contributed by atoms with Crippen molar-refractivity contribution in [2.75, 3.05) is 0 Å². The molecule has 0 saturated carbocycles. The molecule has 0 spiro atoms. The summed E-state index contributed by atoms with van der Waals surface area (Å²) in [6.07, 6.45) is 4.50. The Morgan fingerprint density at radius 2 is 1.42 bits per heavy atom. The van der Waals surface area contributed by atoms with Crippen LogP contribution in [0.3, 0.4) is 0 Å². The summed E-state index contributed by atoms with van der Waals surface area (Å²) in [5, 5.41) is 4.13. The fraction of sp³-hybridized carbons (Fsp3) is 0.120. The molecule has 0 saturated heterocycles. The van der Waals surface area contributed by atoms with Gasteiger partial charge < -0.3 is 18.4 Å². The van der Waals surface area contributed by atoms with Gasteiger partial charge in [-0.3, -0.25) is 4.57 Å². The normalized spacial score (nSPS) is 15.0. The average Bonchev–Trinajstić information content (AvgIpc) is 3.96. The molecule has 0 aliphatic heterocycles. The molecule has 0 aliphatic rings. The number of aromatic nitrogens is 5. The summed E-state index contributed by atoms with van der Waals surface area (Å²) in [6, 6.07) is 38.4. The van der Waals surface area contributed by atoms with Gasteiger partial charge in [-0.05, 0) is 84.2 Å². The van der Waals surface area contributed by atoms with Crippen LogP contribution in [0.1, 0.15) is 52.8 Å². The molecule has 0 unspecified atom stereocenters. The first-order valence-electron chi connectivity index (χ1n) is 23.6. The number of fused-ring (bicyclic) bond motifs is 6. The van der Waals surface area contributed by atoms with E-state index in [1.54, 1.807) is 24.4 Å². The van der Waals surface area contributed by atoms with Crippen molar-refractivity contribution in [2.24, 2.45) is 0 Å². The van der Waals surface area contributed by atoms with Crippen LogP contribution in [0.2, 0.25) is 0 Å². The van der Waals surface area contributed by atoms with Crippen LogP contribution in [0.5, 0.6) is 11.5 Å². The van der Waals surface area contributed by atoms with Crippen molar-refractivity contribution in [3.8, 4) is 34.4 Å². The Morgan fingerprint density at radius 3 is 2.16 bits per heavy atom. The Labute approximate surface area is 361 Å². The molecule has 4 aromatic heterocycles. The van der Waals surface area contributed by atoms with E-state index in [4.69, 9.17) is 24.8 Å². The first-order valence-corrected chi connectivity index (χ1v) is 18.1. The molecule has 6 nitrogen and oxygen atoms in total. The van der Waals surface area contributed by atoms with E-state index in [1.165, 1.54) is 6.07 Å². The minimum absolute atomic E-state index is 0. The molecular weight excluding hydrogens is 882 g/mol. The van der Waals surface area contributed by atoms with E-state index in [1.807, 2.05) is 36.4 Å². The predicted octanol–water partition coefficient (Wildman–Crippen LogP) is 11.4. The van der Waals surface area contributed by atoms with Gasteiger partial charge >= 0.3 is 0 Å². The third-order valence-electron chi connectivity index (χ3n) is 10.1. The number of para-hydroxylation sites is 3. The first kappa shape index (κ1) is 25.8. The zero-order valence-electron chi connectivity index (χ0n) is 41.9. The summed E-state index contributed by atoms with van der Waals surface area (Å²) < 4.78 is 105. The summed E-state index contributed by atoms with van der Waals surface area (Å²) in [5.41, 5.74) is 3.46. The molecule has 4 heterocycles. The number of hydrogen-bond acceptors (Lipinski definition) is 2. The maximum atomic E-state index is 8.59. The van der Waals surface area contributed by atoms with Crippen LogP contribution in [-0.4, -0.2) is 18.7 Å². The van der Waals surface area contributed by atoms with E-state index in [9.17, 15) is 0 Å². The molecule has 6 aromatic carbocycles. The molecule has 0 radical (unpaired) electrons. The Balaban J connectivity index is 0.00000578. The largest absolute Gasteiger partial charge is 0.510 e. The van der Waals surface area contributed by atoms with Gasteiger partial charge in [0, 0.05) is 74.7 Å². The molecule has 0 N–H and O–H groups in total. The Kier molecular flexibility index (Phi) is 6.37. The molecule has 282 valence electrons. The molecule has 0 atom stereocenters. The van der Waals surface area contributed by atoms with Crippen LogP contribution in [-0.2, 0) is 26.5 Å². The Hall–Kier alpha value is -6.23. The zero-order valence-corrected chi connectivity index (χ0v) is 33.2. The van der Waals surface area contributed by atoms with E-state index in [0.29, 0.717) is 15.9 Å². The third kappa shape index (κ3) is 6.16. The van der Waals surface area contributed by atoms with E-state index >= 15 is 0 Å². The summed E-state index contributed by atoms with van der Waals surface area (Å²) >= 11 is 0. The molecule has 10 rings (SSSR count). The standard InChI is InChI=1S/C50H39N5O.Pt/c1-33-34(2)53(32-52(33)36-14-7-6-8-15-36)37-16-13-17-39(29-37)56-40-23-25-44-43-24-22-38(54-45-20-11-9-18-41(45)42-19-10-12-21-46(42)54)30-47(43)55(48(44)31-40)49-28-35(26-27-51-49)50(3,4)5;/h6-28,30H,1-5H3;/q-2;/i1D3,2D3,6D,7D,8D,14D,15D;. The fourth-order valence-corrected chi connectivity index (χ4v) is 7.40. The van der Waals surface area contributed by atoms with E-state index in [2.05, 4.69) is 96.9 Å². The number of nitrogens with zero attached hydrogens (tertiary/aromatic N) is 5. The summed E-state index contributed by atoms with van der Waals surface area (Å²) in [5.74, 6) is 1.07. The molecule has 0 fully saturated rings. The Morgan fingerprint density at radius 1 is 0.702 bits per heavy atom. The molecule has 57 heavy (non-hydrogen) atoms. The number of pyridine rings is 1. The summed E-state index contributed by atoms with van der Waals surface area (Å²) in [4.78, 5) is 4.89. The van der Waals surface area contributed by atoms with E-state index in [-0.39, 0.29) is 43.7 Å². The number of benzene rings is 6. The Bertz CT molecular complexity index is 3580. The fourth-order valence-electron chi connectivity index (χ4n) is 7.40. The van der Waals surface area contributed by atoms with Gasteiger partial charge in [0.15, 0.2) is 0 Å². The minimum Gasteiger partial charge on any atom is -0.510 e. The van der Waals surface area contributed by atoms with Crippen LogP contribution in [0.25, 0.3) is 66.5 Å². The molecule has 7 heteroatoms. The van der Waals surface area contributed by atoms with Gasteiger partial charge in [0.1, 0.15) is 5.82 Å². The van der Waals surface area contributed by atoms with Crippen molar-refractivity contribution in [1.82, 2.24) is 18.7 Å². The first-order chi connectivity index (χ1) is 31.7. The number of rotatable bonds is 6. The molecular formula is C50H39N5OPt-2. The van der Waals surface area contributed by atoms with Gasteiger partial charge in [-0.2, -0.15) is 18.2 Å². The molecule has 0 bridgehead atoms. The van der Waals surface area contributed by atoms with Gasteiger partial charge in [0.2, 0.25) is 0 Å². The number of hydrogen-bond donors (Lipinski definition) is 0. The topological polar surface area (TPSA) is 40.8 Å². The van der Waals surface area contributed by atoms with E-state index in [0.717, 1.165) is 53.9 Å². The third-order valence-corrected chi connectivity index (χ3v) is 10.1. The number of ether oxygens (including phenoxy) is 1. The minimum atomic E-state index is -3.14. The smallest absolute Gasteiger partial charge is 0.267 e. The molecule has 0 amide bonds. The van der Waals surface area contributed by atoms with Crippen LogP contribution in [0.15, 0.2) is 146 Å². The monoisotopic (exact) mass is 931 g/mol. The van der Waals surface area contributed by atoms with Gasteiger partial charge in [0.05, 0.1) is 29.3 Å². The molecule has 0 aliphatic carbocycles. The van der Waals surface area contributed by atoms with E-state index < -0.39 is 61.0 Å². The molecule has 10 aromatic rings. The second kappa shape index (κ2) is 14.1. The zero-order chi connectivity index (χ0) is 47.5. The van der Waals surface area contributed by atoms with Crippen molar-refractivity contribution < 1.29 is 45.4 Å². The maximum Gasteiger partial charge on any atom is 0.267 e. The average molecular weight is 932 g/mol. The second-order valence-corrected chi connectivity index (χ2v) is 14.6. The van der Waals surface area contributed by atoms with Crippen molar-refractivity contribution in [2.45, 2.75) is 39.9 Å². The van der Waals surface area contributed by atoms with Gasteiger partial charge in [-0.1, -0.05) is 86.9 Å². The second-order valence-electron chi connectivity index (χ2n) is 14.6. The van der Waals surface area contributed by atoms with Crippen molar-refractivity contribution in [3.05, 3.63) is 181 Å². The predicted molar refractivity (Wildman–Crippen MR) is 225 cm³/mol. The van der Waals surface area contributed by atoms with Crippen LogP contribution in [0, 0.1) is 32.2 Å².